The number of aliphatic carboxylic acids is 1. The molecule has 0 bridgehead atoms. The summed E-state index contributed by atoms with van der Waals surface area (Å²) in [6.07, 6.45) is 3.28. The topological polar surface area (TPSA) is 82.9 Å². The minimum Gasteiger partial charge on any atom is -0.480 e. The van der Waals surface area contributed by atoms with E-state index in [1.165, 1.54) is 9.80 Å². The normalized spacial score (nSPS) is 16.0. The predicted octanol–water partition coefficient (Wildman–Crippen LogP) is 5.65. The molecule has 2 amide bonds. The zero-order valence-electron chi connectivity index (χ0n) is 21.1. The van der Waals surface area contributed by atoms with Crippen molar-refractivity contribution in [1.29, 1.82) is 0 Å². The molecular formula is C30H25N3O4S. The molecule has 1 fully saturated rings. The largest absolute Gasteiger partial charge is 0.480 e. The first-order valence-corrected chi connectivity index (χ1v) is 12.5. The number of aromatic nitrogens is 1. The molecule has 3 aromatic carbocycles. The summed E-state index contributed by atoms with van der Waals surface area (Å²) in [7, 11) is 0. The van der Waals surface area contributed by atoms with Crippen LogP contribution in [0.25, 0.3) is 17.0 Å². The number of para-hydroxylation sites is 1. The van der Waals surface area contributed by atoms with Crippen LogP contribution < -0.4 is 9.80 Å². The van der Waals surface area contributed by atoms with Gasteiger partial charge in [-0.25, -0.2) is 4.79 Å². The number of hydrogen-bond donors (Lipinski definition) is 1. The first-order chi connectivity index (χ1) is 18.2. The maximum atomic E-state index is 13.8. The van der Waals surface area contributed by atoms with Crippen molar-refractivity contribution in [3.05, 3.63) is 101 Å². The third-order valence-corrected chi connectivity index (χ3v) is 7.21. The van der Waals surface area contributed by atoms with E-state index < -0.39 is 23.8 Å². The van der Waals surface area contributed by atoms with Gasteiger partial charge in [-0.2, -0.15) is 0 Å². The Kier molecular flexibility index (Phi) is 6.42. The van der Waals surface area contributed by atoms with Gasteiger partial charge in [0, 0.05) is 17.1 Å². The first kappa shape index (κ1) is 25.1. The number of benzene rings is 3. The molecule has 0 radical (unpaired) electrons. The van der Waals surface area contributed by atoms with Crippen LogP contribution in [0.5, 0.6) is 0 Å². The number of fused-ring (bicyclic) bond motifs is 1. The van der Waals surface area contributed by atoms with Gasteiger partial charge < -0.3 is 9.67 Å². The molecule has 1 aliphatic heterocycles. The Labute approximate surface area is 225 Å². The second-order valence-electron chi connectivity index (χ2n) is 9.28. The van der Waals surface area contributed by atoms with Crippen LogP contribution in [-0.4, -0.2) is 32.6 Å². The van der Waals surface area contributed by atoms with E-state index in [-0.39, 0.29) is 10.7 Å². The fourth-order valence-electron chi connectivity index (χ4n) is 4.52. The minimum absolute atomic E-state index is 0.0293. The lowest BCUT2D eigenvalue weighted by atomic mass is 10.0. The molecule has 8 heteroatoms. The summed E-state index contributed by atoms with van der Waals surface area (Å²) < 4.78 is 1.67. The number of carbonyl (C=O) groups is 3. The molecular weight excluding hydrogens is 498 g/mol. The number of carboxylic acids is 1. The Morgan fingerprint density at radius 3 is 2.21 bits per heavy atom. The van der Waals surface area contributed by atoms with Crippen LogP contribution in [0.2, 0.25) is 0 Å². The van der Waals surface area contributed by atoms with Crippen molar-refractivity contribution in [3.63, 3.8) is 0 Å². The molecule has 1 N–H and O–H groups in total. The van der Waals surface area contributed by atoms with Gasteiger partial charge in [0.25, 0.3) is 11.8 Å². The summed E-state index contributed by atoms with van der Waals surface area (Å²) in [4.78, 5) is 41.8. The van der Waals surface area contributed by atoms with Crippen LogP contribution in [0.15, 0.2) is 84.6 Å². The number of nitrogens with zero attached hydrogens (tertiary/aromatic N) is 3. The SMILES string of the molecule is Cc1ccc(N2C(=O)/C(=C\c3ccc4c(ccn4[C@@H](C)C(=O)O)c3)C(=O)N(c3ccccc3)C2=S)cc1C. The van der Waals surface area contributed by atoms with Crippen LogP contribution in [0.1, 0.15) is 29.7 Å². The number of rotatable bonds is 5. The highest BCUT2D eigenvalue weighted by molar-refractivity contribution is 7.81. The van der Waals surface area contributed by atoms with Gasteiger partial charge in [0.15, 0.2) is 5.11 Å². The van der Waals surface area contributed by atoms with E-state index in [0.717, 1.165) is 22.0 Å². The Bertz CT molecular complexity index is 1650. The molecule has 0 saturated carbocycles. The van der Waals surface area contributed by atoms with Crippen molar-refractivity contribution in [2.75, 3.05) is 9.80 Å². The lowest BCUT2D eigenvalue weighted by Gasteiger charge is -2.36. The maximum absolute atomic E-state index is 13.8. The molecule has 0 unspecified atom stereocenters. The van der Waals surface area contributed by atoms with Crippen molar-refractivity contribution in [1.82, 2.24) is 4.57 Å². The smallest absolute Gasteiger partial charge is 0.326 e. The van der Waals surface area contributed by atoms with Gasteiger partial charge in [0.1, 0.15) is 11.6 Å². The summed E-state index contributed by atoms with van der Waals surface area (Å²) in [5.74, 6) is -1.95. The van der Waals surface area contributed by atoms with Crippen molar-refractivity contribution in [2.24, 2.45) is 0 Å². The van der Waals surface area contributed by atoms with Gasteiger partial charge in [-0.3, -0.25) is 19.4 Å². The van der Waals surface area contributed by atoms with Crippen molar-refractivity contribution < 1.29 is 19.5 Å². The summed E-state index contributed by atoms with van der Waals surface area (Å²) in [6, 6.07) is 21.1. The monoisotopic (exact) mass is 523 g/mol. The quantitative estimate of drug-likeness (QED) is 0.208. The predicted molar refractivity (Wildman–Crippen MR) is 152 cm³/mol. The highest BCUT2D eigenvalue weighted by Crippen LogP contribution is 2.31. The van der Waals surface area contributed by atoms with E-state index in [0.29, 0.717) is 16.9 Å². The van der Waals surface area contributed by atoms with Crippen molar-refractivity contribution >= 4 is 63.5 Å². The molecule has 1 aliphatic rings. The summed E-state index contributed by atoms with van der Waals surface area (Å²) in [6.45, 7) is 5.56. The summed E-state index contributed by atoms with van der Waals surface area (Å²) in [5, 5.41) is 10.3. The number of hydrogen-bond acceptors (Lipinski definition) is 4. The molecule has 1 atom stereocenters. The fraction of sp³-hybridized carbons (Fsp3) is 0.133. The van der Waals surface area contributed by atoms with Crippen LogP contribution in [0.3, 0.4) is 0 Å². The third kappa shape index (κ3) is 4.29. The Morgan fingerprint density at radius 1 is 0.868 bits per heavy atom. The van der Waals surface area contributed by atoms with Gasteiger partial charge in [-0.05, 0) is 98.2 Å². The fourth-order valence-corrected chi connectivity index (χ4v) is 4.90. The number of carboxylic acid groups (broad SMARTS) is 1. The van der Waals surface area contributed by atoms with Crippen molar-refractivity contribution in [2.45, 2.75) is 26.8 Å². The van der Waals surface area contributed by atoms with Crippen LogP contribution in [0, 0.1) is 13.8 Å². The Balaban J connectivity index is 1.62. The van der Waals surface area contributed by atoms with E-state index in [1.807, 2.05) is 62.4 Å². The van der Waals surface area contributed by atoms with E-state index in [1.54, 1.807) is 48.0 Å². The van der Waals surface area contributed by atoms with E-state index in [2.05, 4.69) is 0 Å². The first-order valence-electron chi connectivity index (χ1n) is 12.1. The van der Waals surface area contributed by atoms with Gasteiger partial charge >= 0.3 is 5.97 Å². The molecule has 7 nitrogen and oxygen atoms in total. The second kappa shape index (κ2) is 9.72. The second-order valence-corrected chi connectivity index (χ2v) is 9.65. The van der Waals surface area contributed by atoms with Gasteiger partial charge in [-0.1, -0.05) is 30.3 Å². The molecule has 0 aliphatic carbocycles. The highest BCUT2D eigenvalue weighted by atomic mass is 32.1. The standard InChI is InChI=1S/C30H25N3O4S/c1-18-9-11-24(15-19(18)2)33-28(35)25(27(34)32(30(33)38)23-7-5-4-6-8-23)17-21-10-12-26-22(16-21)13-14-31(26)20(3)29(36)37/h4-17,20H,1-3H3,(H,36,37)/b25-17-/t20-/m0/s1. The average Bonchev–Trinajstić information content (AvgIpc) is 3.32. The average molecular weight is 524 g/mol. The number of aryl methyl sites for hydroxylation is 2. The van der Waals surface area contributed by atoms with Gasteiger partial charge in [0.2, 0.25) is 0 Å². The van der Waals surface area contributed by atoms with Gasteiger partial charge in [0.05, 0.1) is 11.4 Å². The number of thiocarbonyl (C=S) groups is 1. The number of amides is 2. The van der Waals surface area contributed by atoms with Crippen molar-refractivity contribution in [3.8, 4) is 0 Å². The zero-order chi connectivity index (χ0) is 27.1. The molecule has 2 heterocycles. The molecule has 38 heavy (non-hydrogen) atoms. The Hall–Kier alpha value is -4.56. The molecule has 4 aromatic rings. The number of anilines is 2. The zero-order valence-corrected chi connectivity index (χ0v) is 21.9. The summed E-state index contributed by atoms with van der Waals surface area (Å²) >= 11 is 5.70. The molecule has 190 valence electrons. The van der Waals surface area contributed by atoms with Gasteiger partial charge in [-0.15, -0.1) is 0 Å². The third-order valence-electron chi connectivity index (χ3n) is 6.84. The van der Waals surface area contributed by atoms with E-state index in [9.17, 15) is 19.5 Å². The Morgan fingerprint density at radius 2 is 1.55 bits per heavy atom. The molecule has 1 saturated heterocycles. The van der Waals surface area contributed by atoms with E-state index in [4.69, 9.17) is 12.2 Å². The van der Waals surface area contributed by atoms with Crippen LogP contribution >= 0.6 is 12.2 Å². The lowest BCUT2D eigenvalue weighted by Crippen LogP contribution is -2.57. The van der Waals surface area contributed by atoms with Crippen LogP contribution in [-0.2, 0) is 14.4 Å². The maximum Gasteiger partial charge on any atom is 0.326 e. The molecule has 0 spiro atoms. The summed E-state index contributed by atoms with van der Waals surface area (Å²) in [5.41, 5.74) is 4.56. The van der Waals surface area contributed by atoms with Crippen LogP contribution in [0.4, 0.5) is 11.4 Å². The number of carbonyl (C=O) groups excluding carboxylic acids is 2. The molecule has 1 aromatic heterocycles. The lowest BCUT2D eigenvalue weighted by molar-refractivity contribution is -0.140. The highest BCUT2D eigenvalue weighted by Gasteiger charge is 2.41. The molecule has 5 rings (SSSR count). The van der Waals surface area contributed by atoms with E-state index >= 15 is 0 Å². The minimum atomic E-state index is -0.935.